The standard InChI is InChI=1S/C10H7NO3S/c12-15(13)11-10-8-4-2-1-3-7(8)5-6-9(10)14-15/h1-6,11H. The number of hydrogen-bond donors (Lipinski definition) is 1. The maximum Gasteiger partial charge on any atom is 0.407 e. The first-order chi connectivity index (χ1) is 7.16. The highest BCUT2D eigenvalue weighted by Gasteiger charge is 2.26. The lowest BCUT2D eigenvalue weighted by atomic mass is 10.1. The molecule has 76 valence electrons. The number of benzene rings is 2. The molecule has 3 rings (SSSR count). The summed E-state index contributed by atoms with van der Waals surface area (Å²) < 4.78 is 29.5. The summed E-state index contributed by atoms with van der Waals surface area (Å²) >= 11 is 0. The molecule has 0 amide bonds. The lowest BCUT2D eigenvalue weighted by Gasteiger charge is -2.00. The third-order valence-electron chi connectivity index (χ3n) is 2.32. The zero-order chi connectivity index (χ0) is 10.5. The molecule has 0 unspecified atom stereocenters. The van der Waals surface area contributed by atoms with Crippen molar-refractivity contribution >= 4 is 26.8 Å². The molecular weight excluding hydrogens is 214 g/mol. The van der Waals surface area contributed by atoms with E-state index in [1.54, 1.807) is 6.07 Å². The van der Waals surface area contributed by atoms with E-state index >= 15 is 0 Å². The predicted octanol–water partition coefficient (Wildman–Crippen LogP) is 1.89. The van der Waals surface area contributed by atoms with Crippen LogP contribution in [0.1, 0.15) is 0 Å². The van der Waals surface area contributed by atoms with E-state index in [1.807, 2.05) is 30.3 Å². The maximum atomic E-state index is 11.2. The van der Waals surface area contributed by atoms with Crippen LogP contribution in [0, 0.1) is 0 Å². The van der Waals surface area contributed by atoms with Gasteiger partial charge in [-0.15, -0.1) is 0 Å². The van der Waals surface area contributed by atoms with Gasteiger partial charge in [0.05, 0.1) is 0 Å². The lowest BCUT2D eigenvalue weighted by Crippen LogP contribution is -2.10. The van der Waals surface area contributed by atoms with Crippen molar-refractivity contribution in [3.05, 3.63) is 36.4 Å². The van der Waals surface area contributed by atoms with Crippen LogP contribution in [0.2, 0.25) is 0 Å². The third kappa shape index (κ3) is 1.24. The maximum absolute atomic E-state index is 11.2. The Hall–Kier alpha value is -1.75. The summed E-state index contributed by atoms with van der Waals surface area (Å²) in [6.45, 7) is 0. The van der Waals surface area contributed by atoms with E-state index in [4.69, 9.17) is 4.18 Å². The Bertz CT molecular complexity index is 649. The second kappa shape index (κ2) is 2.64. The first-order valence-electron chi connectivity index (χ1n) is 4.40. The zero-order valence-electron chi connectivity index (χ0n) is 7.60. The highest BCUT2D eigenvalue weighted by Crippen LogP contribution is 2.38. The quantitative estimate of drug-likeness (QED) is 0.739. The molecule has 2 aromatic carbocycles. The molecule has 5 heteroatoms. The van der Waals surface area contributed by atoms with Gasteiger partial charge in [-0.2, -0.15) is 8.42 Å². The van der Waals surface area contributed by atoms with Crippen molar-refractivity contribution < 1.29 is 12.6 Å². The summed E-state index contributed by atoms with van der Waals surface area (Å²) in [6, 6.07) is 11.0. The number of nitrogens with one attached hydrogen (secondary N) is 1. The predicted molar refractivity (Wildman–Crippen MR) is 57.1 cm³/mol. The lowest BCUT2D eigenvalue weighted by molar-refractivity contribution is 0.503. The summed E-state index contributed by atoms with van der Waals surface area (Å²) in [7, 11) is -3.65. The van der Waals surface area contributed by atoms with Crippen molar-refractivity contribution in [1.29, 1.82) is 0 Å². The molecule has 0 atom stereocenters. The van der Waals surface area contributed by atoms with Gasteiger partial charge in [0.15, 0.2) is 5.75 Å². The van der Waals surface area contributed by atoms with E-state index < -0.39 is 10.3 Å². The molecule has 1 aliphatic rings. The molecule has 0 bridgehead atoms. The number of fused-ring (bicyclic) bond motifs is 3. The van der Waals surface area contributed by atoms with Crippen molar-refractivity contribution in [2.24, 2.45) is 0 Å². The Morgan fingerprint density at radius 2 is 1.87 bits per heavy atom. The van der Waals surface area contributed by atoms with Gasteiger partial charge in [-0.3, -0.25) is 0 Å². The highest BCUT2D eigenvalue weighted by atomic mass is 32.2. The van der Waals surface area contributed by atoms with Crippen molar-refractivity contribution in [2.45, 2.75) is 0 Å². The first kappa shape index (κ1) is 8.55. The topological polar surface area (TPSA) is 55.4 Å². The van der Waals surface area contributed by atoms with Gasteiger partial charge in [-0.05, 0) is 11.5 Å². The van der Waals surface area contributed by atoms with Gasteiger partial charge in [0, 0.05) is 5.39 Å². The minimum Gasteiger partial charge on any atom is -0.365 e. The smallest absolute Gasteiger partial charge is 0.365 e. The molecule has 1 heterocycles. The first-order valence-corrected chi connectivity index (χ1v) is 5.80. The van der Waals surface area contributed by atoms with Gasteiger partial charge in [-0.25, -0.2) is 4.72 Å². The van der Waals surface area contributed by atoms with E-state index in [0.29, 0.717) is 11.4 Å². The summed E-state index contributed by atoms with van der Waals surface area (Å²) in [6.07, 6.45) is 0. The van der Waals surface area contributed by atoms with Crippen LogP contribution >= 0.6 is 0 Å². The molecule has 4 nitrogen and oxygen atoms in total. The summed E-state index contributed by atoms with van der Waals surface area (Å²) in [4.78, 5) is 0. The van der Waals surface area contributed by atoms with Gasteiger partial charge in [-0.1, -0.05) is 30.3 Å². The molecule has 2 aromatic rings. The zero-order valence-corrected chi connectivity index (χ0v) is 8.41. The SMILES string of the molecule is O=S1(=O)Nc2c(ccc3ccccc23)O1. The van der Waals surface area contributed by atoms with Gasteiger partial charge < -0.3 is 4.18 Å². The Kier molecular flexibility index (Phi) is 1.50. The monoisotopic (exact) mass is 221 g/mol. The summed E-state index contributed by atoms with van der Waals surface area (Å²) in [5, 5.41) is 1.82. The van der Waals surface area contributed by atoms with Gasteiger partial charge in [0.25, 0.3) is 0 Å². The van der Waals surface area contributed by atoms with Crippen LogP contribution in [0.3, 0.4) is 0 Å². The van der Waals surface area contributed by atoms with Crippen molar-refractivity contribution in [2.75, 3.05) is 4.72 Å². The van der Waals surface area contributed by atoms with Crippen LogP contribution in [-0.2, 0) is 10.3 Å². The van der Waals surface area contributed by atoms with Crippen molar-refractivity contribution in [3.8, 4) is 5.75 Å². The Morgan fingerprint density at radius 1 is 1.07 bits per heavy atom. The average molecular weight is 221 g/mol. The van der Waals surface area contributed by atoms with E-state index in [9.17, 15) is 8.42 Å². The fourth-order valence-corrected chi connectivity index (χ4v) is 2.57. The molecule has 0 spiro atoms. The van der Waals surface area contributed by atoms with E-state index in [1.165, 1.54) is 0 Å². The normalized spacial score (nSPS) is 16.8. The molecule has 1 N–H and O–H groups in total. The molecule has 15 heavy (non-hydrogen) atoms. The van der Waals surface area contributed by atoms with Crippen LogP contribution < -0.4 is 8.91 Å². The van der Waals surface area contributed by atoms with Crippen molar-refractivity contribution in [1.82, 2.24) is 0 Å². The van der Waals surface area contributed by atoms with Crippen LogP contribution in [0.15, 0.2) is 36.4 Å². The fraction of sp³-hybridized carbons (Fsp3) is 0. The molecule has 0 aromatic heterocycles. The van der Waals surface area contributed by atoms with E-state index in [-0.39, 0.29) is 0 Å². The molecular formula is C10H7NO3S. The molecule has 0 aliphatic carbocycles. The van der Waals surface area contributed by atoms with Crippen molar-refractivity contribution in [3.63, 3.8) is 0 Å². The number of hydrogen-bond acceptors (Lipinski definition) is 3. The number of anilines is 1. The van der Waals surface area contributed by atoms with E-state index in [2.05, 4.69) is 4.72 Å². The second-order valence-corrected chi connectivity index (χ2v) is 4.58. The average Bonchev–Trinajstić information content (AvgIpc) is 2.52. The number of rotatable bonds is 0. The summed E-state index contributed by atoms with van der Waals surface area (Å²) in [5.74, 6) is 0.355. The molecule has 0 saturated carbocycles. The minimum atomic E-state index is -3.65. The molecule has 0 radical (unpaired) electrons. The summed E-state index contributed by atoms with van der Waals surface area (Å²) in [5.41, 5.74) is 0.521. The molecule has 0 fully saturated rings. The highest BCUT2D eigenvalue weighted by molar-refractivity contribution is 7.88. The Balaban J connectivity index is 2.39. The Morgan fingerprint density at radius 3 is 2.73 bits per heavy atom. The second-order valence-electron chi connectivity index (χ2n) is 3.30. The molecule has 1 aliphatic heterocycles. The largest absolute Gasteiger partial charge is 0.407 e. The van der Waals surface area contributed by atoms with Crippen LogP contribution in [0.5, 0.6) is 5.75 Å². The molecule has 0 saturated heterocycles. The van der Waals surface area contributed by atoms with Gasteiger partial charge in [0.1, 0.15) is 5.69 Å². The third-order valence-corrected chi connectivity index (χ3v) is 3.17. The van der Waals surface area contributed by atoms with E-state index in [0.717, 1.165) is 10.8 Å². The Labute approximate surface area is 86.7 Å². The van der Waals surface area contributed by atoms with Crippen LogP contribution in [0.25, 0.3) is 10.8 Å². The van der Waals surface area contributed by atoms with Gasteiger partial charge in [0.2, 0.25) is 0 Å². The van der Waals surface area contributed by atoms with Crippen LogP contribution in [-0.4, -0.2) is 8.42 Å². The fourth-order valence-electron chi connectivity index (χ4n) is 1.69. The minimum absolute atomic E-state index is 0.355. The van der Waals surface area contributed by atoms with Gasteiger partial charge >= 0.3 is 10.3 Å². The van der Waals surface area contributed by atoms with Crippen LogP contribution in [0.4, 0.5) is 5.69 Å².